The fourth-order valence-electron chi connectivity index (χ4n) is 1.15. The Bertz CT molecular complexity index is 544. The van der Waals surface area contributed by atoms with E-state index in [1.165, 1.54) is 24.5 Å². The summed E-state index contributed by atoms with van der Waals surface area (Å²) in [6.45, 7) is -0.614. The van der Waals surface area contributed by atoms with Crippen molar-refractivity contribution < 1.29 is 23.1 Å². The zero-order valence-corrected chi connectivity index (χ0v) is 10.7. The number of carboxylic acids is 1. The minimum atomic E-state index is -3.70. The fourth-order valence-corrected chi connectivity index (χ4v) is 2.15. The van der Waals surface area contributed by atoms with Crippen LogP contribution in [0.1, 0.15) is 6.42 Å². The Morgan fingerprint density at radius 3 is 2.68 bits per heavy atom. The van der Waals surface area contributed by atoms with Crippen molar-refractivity contribution in [2.24, 2.45) is 0 Å². The van der Waals surface area contributed by atoms with Gasteiger partial charge in [0.2, 0.25) is 15.9 Å². The van der Waals surface area contributed by atoms with E-state index in [0.29, 0.717) is 0 Å². The van der Waals surface area contributed by atoms with Gasteiger partial charge in [-0.2, -0.15) is 0 Å². The van der Waals surface area contributed by atoms with Gasteiger partial charge in [-0.15, -0.1) is 0 Å². The summed E-state index contributed by atoms with van der Waals surface area (Å²) in [4.78, 5) is 25.0. The van der Waals surface area contributed by atoms with E-state index in [9.17, 15) is 18.0 Å². The predicted octanol–water partition coefficient (Wildman–Crippen LogP) is -1.05. The standard InChI is InChI=1S/C10H13N3O5S/c14-9(12-7-10(15)16)3-5-13-19(17,18)8-2-1-4-11-6-8/h1-2,4,6,13H,3,5,7H2,(H,12,14)(H,15,16). The highest BCUT2D eigenvalue weighted by Crippen LogP contribution is 2.04. The second-order valence-electron chi connectivity index (χ2n) is 3.51. The van der Waals surface area contributed by atoms with Crippen molar-refractivity contribution in [2.75, 3.05) is 13.1 Å². The molecule has 0 aliphatic rings. The van der Waals surface area contributed by atoms with Gasteiger partial charge in [0.1, 0.15) is 11.4 Å². The summed E-state index contributed by atoms with van der Waals surface area (Å²) >= 11 is 0. The maximum Gasteiger partial charge on any atom is 0.322 e. The maximum absolute atomic E-state index is 11.7. The average Bonchev–Trinajstić information content (AvgIpc) is 2.37. The first-order chi connectivity index (χ1) is 8.92. The Labute approximate surface area is 109 Å². The zero-order chi connectivity index (χ0) is 14.3. The molecule has 0 aliphatic carbocycles. The van der Waals surface area contributed by atoms with E-state index in [0.717, 1.165) is 0 Å². The summed E-state index contributed by atoms with van der Waals surface area (Å²) in [5, 5.41) is 10.5. The number of rotatable bonds is 7. The molecular weight excluding hydrogens is 274 g/mol. The van der Waals surface area contributed by atoms with Gasteiger partial charge < -0.3 is 10.4 Å². The molecule has 0 aliphatic heterocycles. The number of amides is 1. The van der Waals surface area contributed by atoms with Crippen LogP contribution in [0.3, 0.4) is 0 Å². The van der Waals surface area contributed by atoms with Crippen LogP contribution in [0, 0.1) is 0 Å². The Balaban J connectivity index is 2.41. The molecule has 0 atom stereocenters. The van der Waals surface area contributed by atoms with Crippen LogP contribution in [0.2, 0.25) is 0 Å². The third-order valence-corrected chi connectivity index (χ3v) is 3.47. The second-order valence-corrected chi connectivity index (χ2v) is 5.27. The predicted molar refractivity (Wildman–Crippen MR) is 64.7 cm³/mol. The van der Waals surface area contributed by atoms with Crippen LogP contribution >= 0.6 is 0 Å². The highest BCUT2D eigenvalue weighted by atomic mass is 32.2. The van der Waals surface area contributed by atoms with E-state index in [-0.39, 0.29) is 17.9 Å². The van der Waals surface area contributed by atoms with Crippen LogP contribution in [0.15, 0.2) is 29.4 Å². The summed E-state index contributed by atoms with van der Waals surface area (Å²) < 4.78 is 25.6. The Morgan fingerprint density at radius 2 is 2.11 bits per heavy atom. The largest absolute Gasteiger partial charge is 0.480 e. The number of aromatic nitrogens is 1. The van der Waals surface area contributed by atoms with Crippen LogP contribution in [0.25, 0.3) is 0 Å². The number of carbonyl (C=O) groups excluding carboxylic acids is 1. The quantitative estimate of drug-likeness (QED) is 0.587. The lowest BCUT2D eigenvalue weighted by Gasteiger charge is -2.06. The number of sulfonamides is 1. The number of pyridine rings is 1. The monoisotopic (exact) mass is 287 g/mol. The van der Waals surface area contributed by atoms with Crippen LogP contribution < -0.4 is 10.0 Å². The highest BCUT2D eigenvalue weighted by molar-refractivity contribution is 7.89. The molecule has 0 fully saturated rings. The topological polar surface area (TPSA) is 125 Å². The number of aliphatic carboxylic acids is 1. The first-order valence-corrected chi connectivity index (χ1v) is 6.78. The van der Waals surface area contributed by atoms with Gasteiger partial charge in [0.05, 0.1) is 0 Å². The summed E-state index contributed by atoms with van der Waals surface area (Å²) in [6, 6.07) is 2.86. The molecule has 1 amide bonds. The smallest absolute Gasteiger partial charge is 0.322 e. The number of hydrogen-bond acceptors (Lipinski definition) is 5. The Kier molecular flexibility index (Phi) is 5.39. The molecule has 0 bridgehead atoms. The van der Waals surface area contributed by atoms with Gasteiger partial charge >= 0.3 is 5.97 Å². The van der Waals surface area contributed by atoms with Crippen LogP contribution in [-0.4, -0.2) is 43.5 Å². The second kappa shape index (κ2) is 6.81. The number of nitrogens with one attached hydrogen (secondary N) is 2. The first-order valence-electron chi connectivity index (χ1n) is 5.30. The van der Waals surface area contributed by atoms with Crippen molar-refractivity contribution in [3.05, 3.63) is 24.5 Å². The molecular formula is C10H13N3O5S. The minimum absolute atomic E-state index is 0.000874. The van der Waals surface area contributed by atoms with Gasteiger partial charge in [0.15, 0.2) is 0 Å². The SMILES string of the molecule is O=C(O)CNC(=O)CCNS(=O)(=O)c1cccnc1. The Hall–Kier alpha value is -2.00. The van der Waals surface area contributed by atoms with Crippen molar-refractivity contribution >= 4 is 21.9 Å². The normalized spacial score (nSPS) is 10.9. The molecule has 0 spiro atoms. The molecule has 8 nitrogen and oxygen atoms in total. The van der Waals surface area contributed by atoms with E-state index >= 15 is 0 Å². The number of carbonyl (C=O) groups is 2. The molecule has 1 heterocycles. The van der Waals surface area contributed by atoms with Gasteiger partial charge in [-0.3, -0.25) is 14.6 Å². The molecule has 1 rings (SSSR count). The molecule has 1 aromatic heterocycles. The van der Waals surface area contributed by atoms with E-state index in [1.807, 2.05) is 0 Å². The first kappa shape index (κ1) is 15.1. The van der Waals surface area contributed by atoms with Gasteiger partial charge in [-0.05, 0) is 12.1 Å². The van der Waals surface area contributed by atoms with Gasteiger partial charge in [0, 0.05) is 25.4 Å². The average molecular weight is 287 g/mol. The zero-order valence-electron chi connectivity index (χ0n) is 9.87. The molecule has 0 saturated heterocycles. The lowest BCUT2D eigenvalue weighted by molar-refractivity contribution is -0.137. The molecule has 104 valence electrons. The fraction of sp³-hybridized carbons (Fsp3) is 0.300. The maximum atomic E-state index is 11.7. The number of carboxylic acid groups (broad SMARTS) is 1. The Morgan fingerprint density at radius 1 is 1.37 bits per heavy atom. The van der Waals surface area contributed by atoms with Gasteiger partial charge in [0.25, 0.3) is 0 Å². The van der Waals surface area contributed by atoms with E-state index in [4.69, 9.17) is 5.11 Å². The van der Waals surface area contributed by atoms with Gasteiger partial charge in [-0.25, -0.2) is 13.1 Å². The molecule has 0 radical (unpaired) electrons. The molecule has 9 heteroatoms. The summed E-state index contributed by atoms with van der Waals surface area (Å²) in [7, 11) is -3.70. The molecule has 0 unspecified atom stereocenters. The molecule has 0 saturated carbocycles. The molecule has 1 aromatic rings. The third kappa shape index (κ3) is 5.44. The van der Waals surface area contributed by atoms with Crippen LogP contribution in [-0.2, 0) is 19.6 Å². The lowest BCUT2D eigenvalue weighted by Crippen LogP contribution is -2.33. The van der Waals surface area contributed by atoms with Crippen LogP contribution in [0.4, 0.5) is 0 Å². The summed E-state index contributed by atoms with van der Waals surface area (Å²) in [6.07, 6.45) is 2.48. The third-order valence-electron chi connectivity index (χ3n) is 2.03. The van der Waals surface area contributed by atoms with Crippen LogP contribution in [0.5, 0.6) is 0 Å². The van der Waals surface area contributed by atoms with Crippen molar-refractivity contribution in [2.45, 2.75) is 11.3 Å². The lowest BCUT2D eigenvalue weighted by atomic mass is 10.4. The van der Waals surface area contributed by atoms with Crippen molar-refractivity contribution in [3.8, 4) is 0 Å². The van der Waals surface area contributed by atoms with E-state index in [2.05, 4.69) is 15.0 Å². The summed E-state index contributed by atoms with van der Waals surface area (Å²) in [5.41, 5.74) is 0. The van der Waals surface area contributed by atoms with E-state index < -0.39 is 28.4 Å². The molecule has 3 N–H and O–H groups in total. The minimum Gasteiger partial charge on any atom is -0.480 e. The molecule has 19 heavy (non-hydrogen) atoms. The summed E-state index contributed by atoms with van der Waals surface area (Å²) in [5.74, 6) is -1.71. The van der Waals surface area contributed by atoms with Crippen molar-refractivity contribution in [3.63, 3.8) is 0 Å². The van der Waals surface area contributed by atoms with Gasteiger partial charge in [-0.1, -0.05) is 0 Å². The van der Waals surface area contributed by atoms with Crippen molar-refractivity contribution in [1.29, 1.82) is 0 Å². The number of nitrogens with zero attached hydrogens (tertiary/aromatic N) is 1. The molecule has 0 aromatic carbocycles. The van der Waals surface area contributed by atoms with E-state index in [1.54, 1.807) is 0 Å². The van der Waals surface area contributed by atoms with Crippen molar-refractivity contribution in [1.82, 2.24) is 15.0 Å². The number of hydrogen-bond donors (Lipinski definition) is 3. The highest BCUT2D eigenvalue weighted by Gasteiger charge is 2.13.